The van der Waals surface area contributed by atoms with E-state index < -0.39 is 0 Å². The van der Waals surface area contributed by atoms with Crippen molar-refractivity contribution in [3.05, 3.63) is 29.8 Å². The standard InChI is InChI=1S/C13H20N2O2/c1-10(8-14-2)13(16)15-12-6-4-5-11(7-12)9-17-3/h4-7,10,14H,8-9H2,1-3H3,(H,15,16). The van der Waals surface area contributed by atoms with Crippen molar-refractivity contribution >= 4 is 11.6 Å². The van der Waals surface area contributed by atoms with Gasteiger partial charge in [-0.25, -0.2) is 0 Å². The number of rotatable bonds is 6. The highest BCUT2D eigenvalue weighted by molar-refractivity contribution is 5.92. The minimum atomic E-state index is -0.0499. The molecule has 0 heterocycles. The second-order valence-electron chi connectivity index (χ2n) is 4.08. The third kappa shape index (κ3) is 4.54. The monoisotopic (exact) mass is 236 g/mol. The van der Waals surface area contributed by atoms with Crippen LogP contribution in [0, 0.1) is 5.92 Å². The highest BCUT2D eigenvalue weighted by Crippen LogP contribution is 2.12. The zero-order valence-electron chi connectivity index (χ0n) is 10.6. The highest BCUT2D eigenvalue weighted by atomic mass is 16.5. The number of nitrogens with one attached hydrogen (secondary N) is 2. The normalized spacial score (nSPS) is 12.2. The Morgan fingerprint density at radius 3 is 2.88 bits per heavy atom. The molecule has 0 spiro atoms. The zero-order valence-corrected chi connectivity index (χ0v) is 10.6. The predicted octanol–water partition coefficient (Wildman–Crippen LogP) is 1.63. The number of hydrogen-bond acceptors (Lipinski definition) is 3. The molecule has 1 aromatic rings. The van der Waals surface area contributed by atoms with Gasteiger partial charge in [0.1, 0.15) is 0 Å². The summed E-state index contributed by atoms with van der Waals surface area (Å²) in [4.78, 5) is 11.8. The Morgan fingerprint density at radius 1 is 1.47 bits per heavy atom. The number of amides is 1. The first-order chi connectivity index (χ1) is 8.17. The summed E-state index contributed by atoms with van der Waals surface area (Å²) in [5.74, 6) is -0.0278. The average Bonchev–Trinajstić information content (AvgIpc) is 2.30. The van der Waals surface area contributed by atoms with Gasteiger partial charge in [-0.3, -0.25) is 4.79 Å². The van der Waals surface area contributed by atoms with E-state index in [-0.39, 0.29) is 11.8 Å². The Morgan fingerprint density at radius 2 is 2.24 bits per heavy atom. The highest BCUT2D eigenvalue weighted by Gasteiger charge is 2.11. The summed E-state index contributed by atoms with van der Waals surface area (Å²) in [6.07, 6.45) is 0. The largest absolute Gasteiger partial charge is 0.380 e. The van der Waals surface area contributed by atoms with Crippen LogP contribution in [0.25, 0.3) is 0 Å². The van der Waals surface area contributed by atoms with E-state index in [1.165, 1.54) is 0 Å². The summed E-state index contributed by atoms with van der Waals surface area (Å²) in [7, 11) is 3.49. The molecule has 0 aromatic heterocycles. The fraction of sp³-hybridized carbons (Fsp3) is 0.462. The molecule has 4 heteroatoms. The molecule has 1 rings (SSSR count). The maximum absolute atomic E-state index is 11.8. The summed E-state index contributed by atoms with van der Waals surface area (Å²) in [6.45, 7) is 3.12. The SMILES string of the molecule is CNCC(C)C(=O)Nc1cccc(COC)c1. The van der Waals surface area contributed by atoms with Gasteiger partial charge in [0, 0.05) is 25.3 Å². The Bertz CT molecular complexity index is 366. The van der Waals surface area contributed by atoms with E-state index in [0.29, 0.717) is 13.2 Å². The topological polar surface area (TPSA) is 50.4 Å². The number of carbonyl (C=O) groups is 1. The second kappa shape index (κ2) is 7.04. The van der Waals surface area contributed by atoms with E-state index in [1.807, 2.05) is 38.2 Å². The van der Waals surface area contributed by atoms with Gasteiger partial charge < -0.3 is 15.4 Å². The smallest absolute Gasteiger partial charge is 0.228 e. The van der Waals surface area contributed by atoms with Gasteiger partial charge in [-0.15, -0.1) is 0 Å². The van der Waals surface area contributed by atoms with E-state index in [4.69, 9.17) is 4.74 Å². The minimum Gasteiger partial charge on any atom is -0.380 e. The van der Waals surface area contributed by atoms with Crippen LogP contribution in [0.2, 0.25) is 0 Å². The summed E-state index contributed by atoms with van der Waals surface area (Å²) in [5, 5.41) is 5.88. The van der Waals surface area contributed by atoms with Crippen molar-refractivity contribution in [1.82, 2.24) is 5.32 Å². The molecule has 0 fully saturated rings. The maximum atomic E-state index is 11.8. The van der Waals surface area contributed by atoms with Gasteiger partial charge in [0.05, 0.1) is 6.61 Å². The Labute approximate surface area is 102 Å². The van der Waals surface area contributed by atoms with E-state index >= 15 is 0 Å². The minimum absolute atomic E-state index is 0.0221. The van der Waals surface area contributed by atoms with Crippen LogP contribution in [0.4, 0.5) is 5.69 Å². The molecule has 1 aromatic carbocycles. The van der Waals surface area contributed by atoms with Gasteiger partial charge in [0.2, 0.25) is 5.91 Å². The average molecular weight is 236 g/mol. The fourth-order valence-electron chi connectivity index (χ4n) is 1.57. The Hall–Kier alpha value is -1.39. The lowest BCUT2D eigenvalue weighted by Crippen LogP contribution is -2.28. The number of hydrogen-bond donors (Lipinski definition) is 2. The van der Waals surface area contributed by atoms with Gasteiger partial charge in [0.15, 0.2) is 0 Å². The quantitative estimate of drug-likeness (QED) is 0.789. The fourth-order valence-corrected chi connectivity index (χ4v) is 1.57. The molecular weight excluding hydrogens is 216 g/mol. The van der Waals surface area contributed by atoms with Gasteiger partial charge in [-0.2, -0.15) is 0 Å². The van der Waals surface area contributed by atoms with Crippen molar-refractivity contribution < 1.29 is 9.53 Å². The van der Waals surface area contributed by atoms with Crippen molar-refractivity contribution in [2.24, 2.45) is 5.92 Å². The number of carbonyl (C=O) groups excluding carboxylic acids is 1. The van der Waals surface area contributed by atoms with Crippen LogP contribution in [0.15, 0.2) is 24.3 Å². The summed E-state index contributed by atoms with van der Waals surface area (Å²) in [6, 6.07) is 7.68. The van der Waals surface area contributed by atoms with Crippen LogP contribution in [-0.4, -0.2) is 26.6 Å². The molecule has 0 saturated heterocycles. The van der Waals surface area contributed by atoms with E-state index in [2.05, 4.69) is 10.6 Å². The molecule has 0 aliphatic carbocycles. The summed E-state index contributed by atoms with van der Waals surface area (Å²) in [5.41, 5.74) is 1.86. The summed E-state index contributed by atoms with van der Waals surface area (Å²) >= 11 is 0. The predicted molar refractivity (Wildman–Crippen MR) is 68.9 cm³/mol. The van der Waals surface area contributed by atoms with Gasteiger partial charge >= 0.3 is 0 Å². The van der Waals surface area contributed by atoms with Crippen LogP contribution in [-0.2, 0) is 16.1 Å². The lowest BCUT2D eigenvalue weighted by molar-refractivity contribution is -0.119. The number of methoxy groups -OCH3 is 1. The molecule has 0 bridgehead atoms. The van der Waals surface area contributed by atoms with E-state index in [9.17, 15) is 4.79 Å². The molecule has 2 N–H and O–H groups in total. The van der Waals surface area contributed by atoms with Crippen molar-refractivity contribution in [2.45, 2.75) is 13.5 Å². The number of anilines is 1. The molecular formula is C13H20N2O2. The molecule has 1 atom stereocenters. The maximum Gasteiger partial charge on any atom is 0.228 e. The van der Waals surface area contributed by atoms with Gasteiger partial charge in [-0.1, -0.05) is 19.1 Å². The zero-order chi connectivity index (χ0) is 12.7. The van der Waals surface area contributed by atoms with Crippen molar-refractivity contribution in [1.29, 1.82) is 0 Å². The molecule has 94 valence electrons. The van der Waals surface area contributed by atoms with Crippen LogP contribution >= 0.6 is 0 Å². The number of benzene rings is 1. The molecule has 17 heavy (non-hydrogen) atoms. The molecule has 0 radical (unpaired) electrons. The van der Waals surface area contributed by atoms with Gasteiger partial charge in [-0.05, 0) is 24.7 Å². The van der Waals surface area contributed by atoms with Gasteiger partial charge in [0.25, 0.3) is 0 Å². The molecule has 1 unspecified atom stereocenters. The molecule has 0 aliphatic rings. The van der Waals surface area contributed by atoms with Crippen molar-refractivity contribution in [3.8, 4) is 0 Å². The van der Waals surface area contributed by atoms with E-state index in [0.717, 1.165) is 11.3 Å². The van der Waals surface area contributed by atoms with E-state index in [1.54, 1.807) is 7.11 Å². The third-order valence-electron chi connectivity index (χ3n) is 2.46. The first-order valence-corrected chi connectivity index (χ1v) is 5.70. The molecule has 0 saturated carbocycles. The number of ether oxygens (including phenoxy) is 1. The summed E-state index contributed by atoms with van der Waals surface area (Å²) < 4.78 is 5.05. The molecule has 1 amide bonds. The van der Waals surface area contributed by atoms with Crippen LogP contribution < -0.4 is 10.6 Å². The van der Waals surface area contributed by atoms with Crippen LogP contribution in [0.1, 0.15) is 12.5 Å². The molecule has 4 nitrogen and oxygen atoms in total. The van der Waals surface area contributed by atoms with Crippen molar-refractivity contribution in [3.63, 3.8) is 0 Å². The lowest BCUT2D eigenvalue weighted by Gasteiger charge is -2.12. The first-order valence-electron chi connectivity index (χ1n) is 5.70. The van der Waals surface area contributed by atoms with Crippen LogP contribution in [0.5, 0.6) is 0 Å². The first kappa shape index (κ1) is 13.7. The Kier molecular flexibility index (Phi) is 5.66. The van der Waals surface area contributed by atoms with Crippen molar-refractivity contribution in [2.75, 3.05) is 26.0 Å². The second-order valence-corrected chi connectivity index (χ2v) is 4.08. The Balaban J connectivity index is 2.61. The molecule has 0 aliphatic heterocycles. The third-order valence-corrected chi connectivity index (χ3v) is 2.46. The lowest BCUT2D eigenvalue weighted by atomic mass is 10.1. The van der Waals surface area contributed by atoms with Crippen LogP contribution in [0.3, 0.4) is 0 Å².